The first kappa shape index (κ1) is 13.9. The molecule has 0 unspecified atom stereocenters. The average molecular weight is 303 g/mol. The summed E-state index contributed by atoms with van der Waals surface area (Å²) in [6.45, 7) is 0.569. The SMILES string of the molecule is COc1ccc(Cl)cc1Cn1cc(CO)c2cccnc21. The molecule has 4 nitrogen and oxygen atoms in total. The summed E-state index contributed by atoms with van der Waals surface area (Å²) in [5.41, 5.74) is 2.67. The van der Waals surface area contributed by atoms with Crippen LogP contribution in [-0.2, 0) is 13.2 Å². The van der Waals surface area contributed by atoms with Crippen molar-refractivity contribution in [2.24, 2.45) is 0 Å². The number of aliphatic hydroxyl groups excluding tert-OH is 1. The van der Waals surface area contributed by atoms with E-state index in [4.69, 9.17) is 16.3 Å². The van der Waals surface area contributed by atoms with Gasteiger partial charge in [-0.3, -0.25) is 0 Å². The summed E-state index contributed by atoms with van der Waals surface area (Å²) in [6, 6.07) is 9.36. The Kier molecular flexibility index (Phi) is 3.82. The first-order chi connectivity index (χ1) is 10.2. The minimum Gasteiger partial charge on any atom is -0.496 e. The summed E-state index contributed by atoms with van der Waals surface area (Å²) in [7, 11) is 1.64. The third-order valence-electron chi connectivity index (χ3n) is 3.47. The van der Waals surface area contributed by atoms with E-state index in [1.165, 1.54) is 0 Å². The minimum absolute atomic E-state index is 0.0120. The number of pyridine rings is 1. The summed E-state index contributed by atoms with van der Waals surface area (Å²) in [4.78, 5) is 4.40. The average Bonchev–Trinajstić information content (AvgIpc) is 2.86. The van der Waals surface area contributed by atoms with Crippen LogP contribution in [-0.4, -0.2) is 21.8 Å². The number of methoxy groups -OCH3 is 1. The Labute approximate surface area is 127 Å². The Hall–Kier alpha value is -2.04. The predicted octanol–water partition coefficient (Wildman–Crippen LogP) is 3.24. The zero-order valence-electron chi connectivity index (χ0n) is 11.6. The molecule has 1 aromatic carbocycles. The molecule has 3 aromatic rings. The highest BCUT2D eigenvalue weighted by Crippen LogP contribution is 2.26. The molecule has 108 valence electrons. The van der Waals surface area contributed by atoms with Gasteiger partial charge in [0, 0.05) is 33.9 Å². The Balaban J connectivity index is 2.08. The van der Waals surface area contributed by atoms with Crippen LogP contribution in [0.15, 0.2) is 42.7 Å². The molecule has 0 bridgehead atoms. The van der Waals surface area contributed by atoms with Gasteiger partial charge in [-0.25, -0.2) is 4.98 Å². The second-order valence-electron chi connectivity index (χ2n) is 4.77. The van der Waals surface area contributed by atoms with Crippen molar-refractivity contribution < 1.29 is 9.84 Å². The number of halogens is 1. The maximum Gasteiger partial charge on any atom is 0.140 e. The van der Waals surface area contributed by atoms with Gasteiger partial charge >= 0.3 is 0 Å². The van der Waals surface area contributed by atoms with E-state index < -0.39 is 0 Å². The molecule has 2 heterocycles. The first-order valence-corrected chi connectivity index (χ1v) is 6.96. The Morgan fingerprint density at radius 2 is 2.14 bits per heavy atom. The molecule has 0 saturated heterocycles. The van der Waals surface area contributed by atoms with E-state index in [1.54, 1.807) is 19.4 Å². The van der Waals surface area contributed by atoms with Crippen LogP contribution in [0, 0.1) is 0 Å². The van der Waals surface area contributed by atoms with Crippen LogP contribution in [0.4, 0.5) is 0 Å². The predicted molar refractivity (Wildman–Crippen MR) is 82.8 cm³/mol. The van der Waals surface area contributed by atoms with Crippen molar-refractivity contribution >= 4 is 22.6 Å². The summed E-state index contributed by atoms with van der Waals surface area (Å²) in [5.74, 6) is 0.780. The fourth-order valence-electron chi connectivity index (χ4n) is 2.50. The van der Waals surface area contributed by atoms with Gasteiger partial charge in [0.2, 0.25) is 0 Å². The molecule has 21 heavy (non-hydrogen) atoms. The van der Waals surface area contributed by atoms with Gasteiger partial charge in [-0.15, -0.1) is 0 Å². The molecule has 0 fully saturated rings. The number of fused-ring (bicyclic) bond motifs is 1. The Morgan fingerprint density at radius 1 is 1.29 bits per heavy atom. The van der Waals surface area contributed by atoms with Crippen molar-refractivity contribution in [3.63, 3.8) is 0 Å². The summed E-state index contributed by atoms with van der Waals surface area (Å²) in [6.07, 6.45) is 3.66. The van der Waals surface area contributed by atoms with Crippen molar-refractivity contribution in [2.45, 2.75) is 13.2 Å². The molecular formula is C16H15ClN2O2. The molecule has 0 aliphatic rings. The molecule has 0 spiro atoms. The van der Waals surface area contributed by atoms with Crippen LogP contribution in [0.3, 0.4) is 0 Å². The molecule has 0 atom stereocenters. The standard InChI is InChI=1S/C16H15ClN2O2/c1-21-15-5-4-13(17)7-11(15)8-19-9-12(10-20)14-3-2-6-18-16(14)19/h2-7,9,20H,8,10H2,1H3. The molecule has 0 aliphatic carbocycles. The monoisotopic (exact) mass is 302 g/mol. The number of aliphatic hydroxyl groups is 1. The molecule has 0 saturated carbocycles. The van der Waals surface area contributed by atoms with Gasteiger partial charge in [-0.05, 0) is 30.3 Å². The number of hydrogen-bond acceptors (Lipinski definition) is 3. The molecule has 1 N–H and O–H groups in total. The lowest BCUT2D eigenvalue weighted by molar-refractivity contribution is 0.283. The van der Waals surface area contributed by atoms with Crippen LogP contribution in [0.2, 0.25) is 5.02 Å². The molecule has 5 heteroatoms. The fraction of sp³-hybridized carbons (Fsp3) is 0.188. The third kappa shape index (κ3) is 2.60. The zero-order chi connectivity index (χ0) is 14.8. The van der Waals surface area contributed by atoms with E-state index in [0.717, 1.165) is 27.9 Å². The molecule has 3 rings (SSSR count). The van der Waals surface area contributed by atoms with Gasteiger partial charge in [0.15, 0.2) is 0 Å². The highest BCUT2D eigenvalue weighted by Gasteiger charge is 2.11. The van der Waals surface area contributed by atoms with Crippen molar-refractivity contribution in [1.29, 1.82) is 0 Å². The second kappa shape index (κ2) is 5.76. The van der Waals surface area contributed by atoms with Crippen LogP contribution in [0.1, 0.15) is 11.1 Å². The van der Waals surface area contributed by atoms with Gasteiger partial charge in [0.1, 0.15) is 11.4 Å². The van der Waals surface area contributed by atoms with Crippen LogP contribution in [0.25, 0.3) is 11.0 Å². The van der Waals surface area contributed by atoms with E-state index in [0.29, 0.717) is 11.6 Å². The molecule has 0 aliphatic heterocycles. The third-order valence-corrected chi connectivity index (χ3v) is 3.70. The van der Waals surface area contributed by atoms with Gasteiger partial charge in [-0.2, -0.15) is 0 Å². The Bertz CT molecular complexity index is 783. The zero-order valence-corrected chi connectivity index (χ0v) is 12.3. The number of ether oxygens (including phenoxy) is 1. The van der Waals surface area contributed by atoms with Crippen LogP contribution in [0.5, 0.6) is 5.75 Å². The lowest BCUT2D eigenvalue weighted by Crippen LogP contribution is -2.01. The maximum atomic E-state index is 9.47. The number of benzene rings is 1. The highest BCUT2D eigenvalue weighted by atomic mass is 35.5. The molecule has 0 radical (unpaired) electrons. The summed E-state index contributed by atoms with van der Waals surface area (Å²) in [5, 5.41) is 11.1. The number of aromatic nitrogens is 2. The number of nitrogens with zero attached hydrogens (tertiary/aromatic N) is 2. The molecule has 2 aromatic heterocycles. The smallest absolute Gasteiger partial charge is 0.140 e. The van der Waals surface area contributed by atoms with Crippen LogP contribution >= 0.6 is 11.6 Å². The number of rotatable bonds is 4. The van der Waals surface area contributed by atoms with Crippen molar-refractivity contribution in [1.82, 2.24) is 9.55 Å². The Morgan fingerprint density at radius 3 is 2.90 bits per heavy atom. The lowest BCUT2D eigenvalue weighted by Gasteiger charge is -2.10. The second-order valence-corrected chi connectivity index (χ2v) is 5.21. The maximum absolute atomic E-state index is 9.47. The van der Waals surface area contributed by atoms with Gasteiger partial charge < -0.3 is 14.4 Å². The molecular weight excluding hydrogens is 288 g/mol. The van der Waals surface area contributed by atoms with Gasteiger partial charge in [-0.1, -0.05) is 11.6 Å². The van der Waals surface area contributed by atoms with Crippen molar-refractivity contribution in [3.8, 4) is 5.75 Å². The van der Waals surface area contributed by atoms with Gasteiger partial charge in [0.05, 0.1) is 20.3 Å². The minimum atomic E-state index is -0.0120. The van der Waals surface area contributed by atoms with E-state index in [9.17, 15) is 5.11 Å². The fourth-order valence-corrected chi connectivity index (χ4v) is 2.69. The largest absolute Gasteiger partial charge is 0.496 e. The lowest BCUT2D eigenvalue weighted by atomic mass is 10.2. The quantitative estimate of drug-likeness (QED) is 0.805. The van der Waals surface area contributed by atoms with Crippen molar-refractivity contribution in [3.05, 3.63) is 58.9 Å². The van der Waals surface area contributed by atoms with E-state index in [2.05, 4.69) is 4.98 Å². The summed E-state index contributed by atoms with van der Waals surface area (Å²) >= 11 is 6.07. The first-order valence-electron chi connectivity index (χ1n) is 6.59. The van der Waals surface area contributed by atoms with E-state index in [-0.39, 0.29) is 6.61 Å². The normalized spacial score (nSPS) is 11.0. The van der Waals surface area contributed by atoms with Gasteiger partial charge in [0.25, 0.3) is 0 Å². The number of hydrogen-bond donors (Lipinski definition) is 1. The van der Waals surface area contributed by atoms with Crippen LogP contribution < -0.4 is 4.74 Å². The molecule has 0 amide bonds. The topological polar surface area (TPSA) is 47.3 Å². The van der Waals surface area contributed by atoms with E-state index in [1.807, 2.05) is 35.0 Å². The highest BCUT2D eigenvalue weighted by molar-refractivity contribution is 6.30. The van der Waals surface area contributed by atoms with E-state index >= 15 is 0 Å². The van der Waals surface area contributed by atoms with Crippen molar-refractivity contribution in [2.75, 3.05) is 7.11 Å². The summed E-state index contributed by atoms with van der Waals surface area (Å²) < 4.78 is 7.37.